The van der Waals surface area contributed by atoms with Crippen LogP contribution >= 0.6 is 0 Å². The lowest BCUT2D eigenvalue weighted by Gasteiger charge is -2.13. The van der Waals surface area contributed by atoms with Crippen molar-refractivity contribution in [1.82, 2.24) is 0 Å². The van der Waals surface area contributed by atoms with Gasteiger partial charge in [0.05, 0.1) is 16.8 Å². The molecule has 17 heteroatoms. The molecule has 15 nitrogen and oxygen atoms in total. The summed E-state index contributed by atoms with van der Waals surface area (Å²) in [6.45, 7) is 3.56. The van der Waals surface area contributed by atoms with Crippen LogP contribution in [0.3, 0.4) is 0 Å². The molecule has 242 valence electrons. The number of carbonyl (C=O) groups excluding carboxylic acids is 1. The Morgan fingerprint density at radius 3 is 1.98 bits per heavy atom. The van der Waals surface area contributed by atoms with Crippen molar-refractivity contribution in [2.75, 3.05) is 11.1 Å². The third-order valence-corrected chi connectivity index (χ3v) is 8.86. The van der Waals surface area contributed by atoms with Crippen molar-refractivity contribution in [3.05, 3.63) is 65.7 Å². The number of azo groups is 1. The summed E-state index contributed by atoms with van der Waals surface area (Å²) in [6, 6.07) is 12.3. The fourth-order valence-electron chi connectivity index (χ4n) is 4.62. The van der Waals surface area contributed by atoms with Gasteiger partial charge in [-0.05, 0) is 78.9 Å². The van der Waals surface area contributed by atoms with E-state index in [1.165, 1.54) is 6.07 Å². The fourth-order valence-corrected chi connectivity index (χ4v) is 6.06. The molecule has 1 amide bonds. The van der Waals surface area contributed by atoms with Gasteiger partial charge in [-0.3, -0.25) is 18.7 Å². The third-order valence-electron chi connectivity index (χ3n) is 7.07. The average molecular weight is 672 g/mol. The number of aryl methyl sites for hydroxylation is 2. The van der Waals surface area contributed by atoms with Gasteiger partial charge in [-0.1, -0.05) is 18.2 Å². The van der Waals surface area contributed by atoms with Crippen LogP contribution in [0, 0.1) is 13.8 Å². The number of amides is 1. The maximum absolute atomic E-state index is 12.2. The van der Waals surface area contributed by atoms with Crippen LogP contribution in [0.25, 0.3) is 21.9 Å². The molecule has 1 unspecified atom stereocenters. The van der Waals surface area contributed by atoms with Crippen LogP contribution in [0.1, 0.15) is 24.0 Å². The minimum absolute atomic E-state index is 0.000254. The smallest absolute Gasteiger partial charge is 0.320 e. The Hall–Kier alpha value is -4.94. The number of hydrogen-bond acceptors (Lipinski definition) is 11. The predicted molar refractivity (Wildman–Crippen MR) is 169 cm³/mol. The number of nitrogen functional groups attached to an aromatic ring is 1. The highest BCUT2D eigenvalue weighted by atomic mass is 32.2. The summed E-state index contributed by atoms with van der Waals surface area (Å²) in [6.07, 6.45) is -0.0504. The number of nitrogens with one attached hydrogen (secondary N) is 1. The monoisotopic (exact) mass is 671 g/mol. The number of carbonyl (C=O) groups is 2. The van der Waals surface area contributed by atoms with Crippen molar-refractivity contribution in [1.29, 1.82) is 0 Å². The van der Waals surface area contributed by atoms with E-state index >= 15 is 0 Å². The Kier molecular flexibility index (Phi) is 9.46. The van der Waals surface area contributed by atoms with Crippen LogP contribution in [0.4, 0.5) is 22.7 Å². The van der Waals surface area contributed by atoms with E-state index in [4.69, 9.17) is 16.6 Å². The molecule has 0 fully saturated rings. The topological polar surface area (TPSA) is 272 Å². The van der Waals surface area contributed by atoms with Crippen molar-refractivity contribution in [3.63, 3.8) is 0 Å². The van der Waals surface area contributed by atoms with Crippen LogP contribution in [-0.4, -0.2) is 54.1 Å². The molecule has 0 saturated heterocycles. The van der Waals surface area contributed by atoms with Gasteiger partial charge in [-0.15, -0.1) is 5.11 Å². The summed E-state index contributed by atoms with van der Waals surface area (Å²) in [5.74, 6) is -2.28. The highest BCUT2D eigenvalue weighted by Gasteiger charge is 2.26. The number of nitrogens with zero attached hydrogens (tertiary/aromatic N) is 2. The minimum Gasteiger partial charge on any atom is -0.505 e. The lowest BCUT2D eigenvalue weighted by molar-refractivity contribution is -0.138. The Morgan fingerprint density at radius 1 is 0.848 bits per heavy atom. The van der Waals surface area contributed by atoms with Crippen LogP contribution < -0.4 is 16.8 Å². The fraction of sp³-hybridized carbons (Fsp3) is 0.172. The summed E-state index contributed by atoms with van der Waals surface area (Å²) in [5.41, 5.74) is 14.5. The van der Waals surface area contributed by atoms with Gasteiger partial charge in [0.25, 0.3) is 20.2 Å². The number of carboxylic acids is 1. The van der Waals surface area contributed by atoms with E-state index in [0.717, 1.165) is 22.8 Å². The Labute approximate surface area is 263 Å². The molecule has 0 aliphatic rings. The number of fused-ring (bicyclic) bond motifs is 1. The second-order valence-corrected chi connectivity index (χ2v) is 13.1. The van der Waals surface area contributed by atoms with E-state index < -0.39 is 58.9 Å². The molecule has 0 aliphatic heterocycles. The van der Waals surface area contributed by atoms with Crippen molar-refractivity contribution < 1.29 is 45.7 Å². The van der Waals surface area contributed by atoms with Crippen molar-refractivity contribution in [3.8, 4) is 16.9 Å². The maximum Gasteiger partial charge on any atom is 0.320 e. The number of phenolic OH excluding ortho intramolecular Hbond substituents is 1. The standard InChI is InChI=1S/C29H29N5O10S2/c1-14-11-16(3-7-20(14)32-25(35)10-6-19(30)29(37)38)17-4-8-21(15(2)12-17)33-34-22-9-5-18-23(45(39,40)41)13-24(46(42,43)44)27(31)26(18)28(22)36/h3-5,7-9,11-13,19,36H,6,10,30-31H2,1-2H3,(H,32,35)(H,37,38)(H,39,40,41)(H,42,43,44). The van der Waals surface area contributed by atoms with Gasteiger partial charge in [0.15, 0.2) is 5.75 Å². The van der Waals surface area contributed by atoms with Crippen LogP contribution in [0.2, 0.25) is 0 Å². The number of hydrogen-bond donors (Lipinski definition) is 7. The van der Waals surface area contributed by atoms with E-state index in [1.807, 2.05) is 12.1 Å². The van der Waals surface area contributed by atoms with Gasteiger partial charge in [0.1, 0.15) is 21.5 Å². The van der Waals surface area contributed by atoms with Crippen molar-refractivity contribution in [2.45, 2.75) is 42.5 Å². The zero-order chi connectivity index (χ0) is 34.1. The molecule has 0 aromatic heterocycles. The molecule has 0 bridgehead atoms. The number of aliphatic carboxylic acids is 1. The molecular weight excluding hydrogens is 642 g/mol. The van der Waals surface area contributed by atoms with Gasteiger partial charge in [-0.25, -0.2) is 0 Å². The van der Waals surface area contributed by atoms with Crippen molar-refractivity contribution in [2.24, 2.45) is 16.0 Å². The minimum atomic E-state index is -5.05. The number of phenols is 1. The highest BCUT2D eigenvalue weighted by molar-refractivity contribution is 7.87. The molecule has 46 heavy (non-hydrogen) atoms. The lowest BCUT2D eigenvalue weighted by atomic mass is 10.00. The Morgan fingerprint density at radius 2 is 1.41 bits per heavy atom. The second-order valence-electron chi connectivity index (χ2n) is 10.4. The van der Waals surface area contributed by atoms with E-state index in [-0.39, 0.29) is 29.8 Å². The quantitative estimate of drug-likeness (QED) is 0.0700. The molecule has 0 heterocycles. The molecule has 4 aromatic carbocycles. The van der Waals surface area contributed by atoms with E-state index in [0.29, 0.717) is 23.0 Å². The third kappa shape index (κ3) is 7.30. The zero-order valence-electron chi connectivity index (χ0n) is 24.3. The van der Waals surface area contributed by atoms with Gasteiger partial charge in [-0.2, -0.15) is 21.9 Å². The van der Waals surface area contributed by atoms with Crippen LogP contribution in [0.5, 0.6) is 5.75 Å². The number of rotatable bonds is 10. The number of carboxylic acid groups (broad SMARTS) is 1. The van der Waals surface area contributed by atoms with E-state index in [1.54, 1.807) is 38.1 Å². The zero-order valence-corrected chi connectivity index (χ0v) is 25.9. The number of nitrogens with two attached hydrogens (primary N) is 2. The van der Waals surface area contributed by atoms with Gasteiger partial charge >= 0.3 is 5.97 Å². The Bertz CT molecular complexity index is 2150. The molecule has 0 spiro atoms. The molecule has 0 aliphatic carbocycles. The largest absolute Gasteiger partial charge is 0.505 e. The predicted octanol–water partition coefficient (Wildman–Crippen LogP) is 4.45. The molecule has 1 atom stereocenters. The molecule has 0 radical (unpaired) electrons. The van der Waals surface area contributed by atoms with E-state index in [9.17, 15) is 40.6 Å². The second kappa shape index (κ2) is 12.8. The first-order valence-electron chi connectivity index (χ1n) is 13.3. The number of anilines is 2. The number of aromatic hydroxyl groups is 1. The van der Waals surface area contributed by atoms with Gasteiger partial charge < -0.3 is 27.0 Å². The normalized spacial score (nSPS) is 12.8. The maximum atomic E-state index is 12.2. The molecule has 4 rings (SSSR count). The Balaban J connectivity index is 1.61. The molecule has 9 N–H and O–H groups in total. The first kappa shape index (κ1) is 33.9. The average Bonchev–Trinajstić information content (AvgIpc) is 2.95. The highest BCUT2D eigenvalue weighted by Crippen LogP contribution is 2.44. The van der Waals surface area contributed by atoms with Gasteiger partial charge in [0, 0.05) is 17.5 Å². The number of benzene rings is 4. The summed E-state index contributed by atoms with van der Waals surface area (Å²) in [7, 11) is -10.1. The summed E-state index contributed by atoms with van der Waals surface area (Å²) in [5, 5.41) is 29.9. The molecule has 4 aromatic rings. The lowest BCUT2D eigenvalue weighted by Crippen LogP contribution is -2.31. The van der Waals surface area contributed by atoms with Crippen LogP contribution in [-0.2, 0) is 29.8 Å². The van der Waals surface area contributed by atoms with Crippen molar-refractivity contribution >= 4 is 65.6 Å². The van der Waals surface area contributed by atoms with Crippen LogP contribution in [0.15, 0.2) is 74.6 Å². The molecular formula is C29H29N5O10S2. The SMILES string of the molecule is Cc1cc(-c2ccc(NC(=O)CCC(N)C(=O)O)c(C)c2)ccc1N=Nc1ccc2c(S(=O)(=O)O)cc(S(=O)(=O)O)c(N)c2c1O. The molecule has 0 saturated carbocycles. The van der Waals surface area contributed by atoms with E-state index in [2.05, 4.69) is 15.5 Å². The summed E-state index contributed by atoms with van der Waals surface area (Å²) >= 11 is 0. The first-order chi connectivity index (χ1) is 21.4. The summed E-state index contributed by atoms with van der Waals surface area (Å²) < 4.78 is 66.7. The first-order valence-corrected chi connectivity index (χ1v) is 16.2. The summed E-state index contributed by atoms with van der Waals surface area (Å²) in [4.78, 5) is 21.2. The van der Waals surface area contributed by atoms with Gasteiger partial charge in [0.2, 0.25) is 5.91 Å².